The van der Waals surface area contributed by atoms with Crippen molar-refractivity contribution in [2.75, 3.05) is 32.6 Å². The zero-order valence-electron chi connectivity index (χ0n) is 16.7. The van der Waals surface area contributed by atoms with Crippen LogP contribution in [0.3, 0.4) is 0 Å². The minimum atomic E-state index is -3.41. The molecular formula is C21H26N2O5S. The molecule has 0 spiro atoms. The number of amides is 1. The van der Waals surface area contributed by atoms with Gasteiger partial charge in [0.15, 0.2) is 0 Å². The van der Waals surface area contributed by atoms with E-state index in [1.54, 1.807) is 56.7 Å². The van der Waals surface area contributed by atoms with Crippen LogP contribution in [-0.2, 0) is 21.2 Å². The van der Waals surface area contributed by atoms with Crippen LogP contribution in [0.2, 0.25) is 0 Å². The van der Waals surface area contributed by atoms with E-state index in [2.05, 4.69) is 5.32 Å². The first-order chi connectivity index (χ1) is 13.9. The van der Waals surface area contributed by atoms with Crippen LogP contribution >= 0.6 is 0 Å². The molecule has 0 saturated carbocycles. The van der Waals surface area contributed by atoms with Crippen LogP contribution in [-0.4, -0.2) is 45.9 Å². The van der Waals surface area contributed by atoms with Gasteiger partial charge in [0.1, 0.15) is 11.5 Å². The Bertz CT molecular complexity index is 929. The molecule has 0 unspecified atom stereocenters. The third kappa shape index (κ3) is 5.27. The summed E-state index contributed by atoms with van der Waals surface area (Å²) < 4.78 is 37.0. The van der Waals surface area contributed by atoms with Gasteiger partial charge in [0.05, 0.1) is 19.1 Å². The highest BCUT2D eigenvalue weighted by atomic mass is 32.2. The van der Waals surface area contributed by atoms with Gasteiger partial charge in [-0.1, -0.05) is 12.1 Å². The fraction of sp³-hybridized carbons (Fsp3) is 0.381. The summed E-state index contributed by atoms with van der Waals surface area (Å²) in [5.74, 6) is 1.04. The summed E-state index contributed by atoms with van der Waals surface area (Å²) >= 11 is 0. The summed E-state index contributed by atoms with van der Waals surface area (Å²) in [5, 5.41) is 2.83. The van der Waals surface area contributed by atoms with E-state index in [0.29, 0.717) is 41.6 Å². The molecule has 156 valence electrons. The van der Waals surface area contributed by atoms with E-state index >= 15 is 0 Å². The third-order valence-electron chi connectivity index (χ3n) is 4.90. The van der Waals surface area contributed by atoms with Gasteiger partial charge in [-0.05, 0) is 37.0 Å². The number of nitrogens with zero attached hydrogens (tertiary/aromatic N) is 1. The van der Waals surface area contributed by atoms with E-state index in [9.17, 15) is 13.2 Å². The molecule has 2 aromatic carbocycles. The van der Waals surface area contributed by atoms with Crippen molar-refractivity contribution in [3.05, 3.63) is 48.0 Å². The van der Waals surface area contributed by atoms with Crippen molar-refractivity contribution in [2.24, 2.45) is 0 Å². The lowest BCUT2D eigenvalue weighted by Gasteiger charge is -2.15. The van der Waals surface area contributed by atoms with E-state index in [1.165, 1.54) is 4.31 Å². The molecule has 8 heteroatoms. The lowest BCUT2D eigenvalue weighted by molar-refractivity contribution is -0.116. The van der Waals surface area contributed by atoms with Gasteiger partial charge in [-0.2, -0.15) is 4.31 Å². The lowest BCUT2D eigenvalue weighted by Crippen LogP contribution is -2.27. The number of benzene rings is 2. The summed E-state index contributed by atoms with van der Waals surface area (Å²) in [5.41, 5.74) is 1.50. The first-order valence-corrected chi connectivity index (χ1v) is 11.0. The summed E-state index contributed by atoms with van der Waals surface area (Å²) in [4.78, 5) is 12.6. The summed E-state index contributed by atoms with van der Waals surface area (Å²) in [6.07, 6.45) is 2.60. The number of sulfonamides is 1. The second-order valence-electron chi connectivity index (χ2n) is 6.90. The maximum Gasteiger partial charge on any atom is 0.243 e. The number of rotatable bonds is 8. The zero-order valence-corrected chi connectivity index (χ0v) is 17.5. The molecule has 0 aliphatic carbocycles. The predicted molar refractivity (Wildman–Crippen MR) is 111 cm³/mol. The second kappa shape index (κ2) is 9.28. The van der Waals surface area contributed by atoms with E-state index < -0.39 is 10.0 Å². The van der Waals surface area contributed by atoms with Crippen LogP contribution in [0.15, 0.2) is 47.4 Å². The van der Waals surface area contributed by atoms with Crippen LogP contribution in [0.25, 0.3) is 0 Å². The van der Waals surface area contributed by atoms with Gasteiger partial charge in [0, 0.05) is 43.4 Å². The first kappa shape index (κ1) is 21.1. The summed E-state index contributed by atoms with van der Waals surface area (Å²) in [7, 11) is -0.311. The van der Waals surface area contributed by atoms with Crippen molar-refractivity contribution < 1.29 is 22.7 Å². The SMILES string of the molecule is COc1cc(NC(=O)CCc2ccc(S(=O)(=O)N3CCCC3)cc2)cc(OC)c1. The van der Waals surface area contributed by atoms with E-state index in [1.807, 2.05) is 0 Å². The molecule has 0 radical (unpaired) electrons. The van der Waals surface area contributed by atoms with Crippen LogP contribution in [0.5, 0.6) is 11.5 Å². The molecule has 1 heterocycles. The molecule has 1 saturated heterocycles. The molecule has 7 nitrogen and oxygen atoms in total. The van der Waals surface area contributed by atoms with Crippen LogP contribution < -0.4 is 14.8 Å². The Kier molecular flexibility index (Phi) is 6.76. The number of hydrogen-bond donors (Lipinski definition) is 1. The first-order valence-electron chi connectivity index (χ1n) is 9.54. The number of aryl methyl sites for hydroxylation is 1. The zero-order chi connectivity index (χ0) is 20.9. The average molecular weight is 419 g/mol. The fourth-order valence-electron chi connectivity index (χ4n) is 3.27. The van der Waals surface area contributed by atoms with Crippen molar-refractivity contribution in [3.8, 4) is 11.5 Å². The van der Waals surface area contributed by atoms with Gasteiger partial charge in [0.25, 0.3) is 0 Å². The van der Waals surface area contributed by atoms with Gasteiger partial charge < -0.3 is 14.8 Å². The van der Waals surface area contributed by atoms with Crippen LogP contribution in [0.1, 0.15) is 24.8 Å². The fourth-order valence-corrected chi connectivity index (χ4v) is 4.78. The van der Waals surface area contributed by atoms with Gasteiger partial charge >= 0.3 is 0 Å². The Balaban J connectivity index is 1.58. The number of hydrogen-bond acceptors (Lipinski definition) is 5. The van der Waals surface area contributed by atoms with Crippen LogP contribution in [0, 0.1) is 0 Å². The van der Waals surface area contributed by atoms with Crippen molar-refractivity contribution in [1.29, 1.82) is 0 Å². The Morgan fingerprint density at radius 3 is 2.14 bits per heavy atom. The Morgan fingerprint density at radius 2 is 1.59 bits per heavy atom. The van der Waals surface area contributed by atoms with Crippen molar-refractivity contribution in [3.63, 3.8) is 0 Å². The molecule has 1 fully saturated rings. The number of carbonyl (C=O) groups excluding carboxylic acids is 1. The smallest absolute Gasteiger partial charge is 0.243 e. The van der Waals surface area contributed by atoms with Gasteiger partial charge in [-0.15, -0.1) is 0 Å². The number of methoxy groups -OCH3 is 2. The maximum atomic E-state index is 12.6. The second-order valence-corrected chi connectivity index (χ2v) is 8.84. The van der Waals surface area contributed by atoms with Crippen molar-refractivity contribution >= 4 is 21.6 Å². The molecule has 1 amide bonds. The monoisotopic (exact) mass is 418 g/mol. The molecule has 0 aromatic heterocycles. The quantitative estimate of drug-likeness (QED) is 0.712. The van der Waals surface area contributed by atoms with Gasteiger partial charge in [-0.3, -0.25) is 4.79 Å². The number of anilines is 1. The summed E-state index contributed by atoms with van der Waals surface area (Å²) in [6.45, 7) is 1.17. The highest BCUT2D eigenvalue weighted by molar-refractivity contribution is 7.89. The van der Waals surface area contributed by atoms with E-state index in [-0.39, 0.29) is 12.3 Å². The minimum Gasteiger partial charge on any atom is -0.497 e. The number of ether oxygens (including phenoxy) is 2. The standard InChI is InChI=1S/C21H26N2O5S/c1-27-18-13-17(14-19(15-18)28-2)22-21(24)10-7-16-5-8-20(9-6-16)29(25,26)23-11-3-4-12-23/h5-6,8-9,13-15H,3-4,7,10-12H2,1-2H3,(H,22,24). The molecule has 1 N–H and O–H groups in total. The maximum absolute atomic E-state index is 12.6. The normalized spacial score (nSPS) is 14.6. The van der Waals surface area contributed by atoms with Gasteiger partial charge in [0.2, 0.25) is 15.9 Å². The topological polar surface area (TPSA) is 84.9 Å². The number of nitrogens with one attached hydrogen (secondary N) is 1. The van der Waals surface area contributed by atoms with Crippen LogP contribution in [0.4, 0.5) is 5.69 Å². The largest absolute Gasteiger partial charge is 0.497 e. The van der Waals surface area contributed by atoms with Crippen molar-refractivity contribution in [1.82, 2.24) is 4.31 Å². The third-order valence-corrected chi connectivity index (χ3v) is 6.81. The summed E-state index contributed by atoms with van der Waals surface area (Å²) in [6, 6.07) is 11.9. The number of carbonyl (C=O) groups is 1. The highest BCUT2D eigenvalue weighted by Crippen LogP contribution is 2.26. The van der Waals surface area contributed by atoms with Gasteiger partial charge in [-0.25, -0.2) is 8.42 Å². The molecule has 1 aliphatic heterocycles. The lowest BCUT2D eigenvalue weighted by atomic mass is 10.1. The Morgan fingerprint density at radius 1 is 1.00 bits per heavy atom. The van der Waals surface area contributed by atoms with E-state index in [0.717, 1.165) is 18.4 Å². The predicted octanol–water partition coefficient (Wildman–Crippen LogP) is 3.06. The van der Waals surface area contributed by atoms with E-state index in [4.69, 9.17) is 9.47 Å². The molecule has 2 aromatic rings. The highest BCUT2D eigenvalue weighted by Gasteiger charge is 2.26. The molecular weight excluding hydrogens is 392 g/mol. The molecule has 0 bridgehead atoms. The average Bonchev–Trinajstić information content (AvgIpc) is 3.28. The Hall–Kier alpha value is -2.58. The molecule has 1 aliphatic rings. The van der Waals surface area contributed by atoms with Crippen molar-refractivity contribution in [2.45, 2.75) is 30.6 Å². The molecule has 0 atom stereocenters. The molecule has 3 rings (SSSR count). The Labute approximate surface area is 171 Å². The minimum absolute atomic E-state index is 0.144. The molecule has 29 heavy (non-hydrogen) atoms.